The van der Waals surface area contributed by atoms with E-state index in [1.807, 2.05) is 24.3 Å². The summed E-state index contributed by atoms with van der Waals surface area (Å²) in [6, 6.07) is 14.0. The number of aromatic amines is 1. The number of fused-ring (bicyclic) bond motifs is 1. The van der Waals surface area contributed by atoms with E-state index in [0.29, 0.717) is 37.0 Å². The van der Waals surface area contributed by atoms with Gasteiger partial charge in [-0.3, -0.25) is 9.89 Å². The molecule has 1 aliphatic heterocycles. The molecule has 0 saturated carbocycles. The van der Waals surface area contributed by atoms with E-state index >= 15 is 0 Å². The van der Waals surface area contributed by atoms with E-state index in [1.54, 1.807) is 11.0 Å². The number of nitrogens with one attached hydrogen (secondary N) is 3. The predicted molar refractivity (Wildman–Crippen MR) is 125 cm³/mol. The van der Waals surface area contributed by atoms with Crippen LogP contribution in [0.1, 0.15) is 24.2 Å². The van der Waals surface area contributed by atoms with Gasteiger partial charge in [0.1, 0.15) is 5.82 Å². The Morgan fingerprint density at radius 3 is 2.69 bits per heavy atom. The third-order valence-corrected chi connectivity index (χ3v) is 5.91. The van der Waals surface area contributed by atoms with Gasteiger partial charge in [0.15, 0.2) is 11.6 Å². The zero-order valence-corrected chi connectivity index (χ0v) is 18.7. The van der Waals surface area contributed by atoms with Gasteiger partial charge in [0.05, 0.1) is 22.8 Å². The van der Waals surface area contributed by atoms with Gasteiger partial charge in [-0.2, -0.15) is 18.3 Å². The second-order valence-corrected chi connectivity index (χ2v) is 8.26. The number of hydrogen-bond acceptors (Lipinski definition) is 6. The van der Waals surface area contributed by atoms with Gasteiger partial charge in [0, 0.05) is 43.6 Å². The first-order valence-electron chi connectivity index (χ1n) is 11.0. The molecule has 1 atom stereocenters. The van der Waals surface area contributed by atoms with Gasteiger partial charge in [0.2, 0.25) is 5.91 Å². The van der Waals surface area contributed by atoms with Crippen LogP contribution in [0, 0.1) is 0 Å². The number of carbonyl (C=O) groups excluding carboxylic acids is 1. The maximum Gasteiger partial charge on any atom is 0.417 e. The summed E-state index contributed by atoms with van der Waals surface area (Å²) in [4.78, 5) is 22.6. The Kier molecular flexibility index (Phi) is 5.85. The molecule has 3 heterocycles. The zero-order valence-electron chi connectivity index (χ0n) is 18.7. The highest BCUT2D eigenvalue weighted by Gasteiger charge is 2.34. The largest absolute Gasteiger partial charge is 0.417 e. The molecule has 3 N–H and O–H groups in total. The van der Waals surface area contributed by atoms with Crippen molar-refractivity contribution >= 4 is 28.4 Å². The van der Waals surface area contributed by atoms with Crippen molar-refractivity contribution in [1.29, 1.82) is 0 Å². The fraction of sp³-hybridized carbons (Fsp3) is 0.250. The second kappa shape index (κ2) is 8.99. The molecule has 1 aliphatic rings. The molecule has 0 radical (unpaired) electrons. The second-order valence-electron chi connectivity index (χ2n) is 8.26. The van der Waals surface area contributed by atoms with Crippen molar-refractivity contribution in [2.45, 2.75) is 19.1 Å². The SMILES string of the molecule is CC(=O)N1CCNC(c2cc(Nc3n[nH]c4ccccc34)nc(-c3ccccc3C(F)(F)F)n2)C1. The minimum absolute atomic E-state index is 0.0699. The number of carbonyl (C=O) groups is 1. The molecule has 11 heteroatoms. The van der Waals surface area contributed by atoms with E-state index in [0.717, 1.165) is 17.0 Å². The van der Waals surface area contributed by atoms with Gasteiger partial charge >= 0.3 is 6.18 Å². The maximum atomic E-state index is 13.8. The Bertz CT molecular complexity index is 1390. The number of alkyl halides is 3. The number of H-pyrrole nitrogens is 1. The van der Waals surface area contributed by atoms with Crippen LogP contribution < -0.4 is 10.6 Å². The van der Waals surface area contributed by atoms with Gasteiger partial charge in [-0.1, -0.05) is 30.3 Å². The molecule has 35 heavy (non-hydrogen) atoms. The summed E-state index contributed by atoms with van der Waals surface area (Å²) >= 11 is 0. The molecule has 2 aromatic carbocycles. The summed E-state index contributed by atoms with van der Waals surface area (Å²) in [6.07, 6.45) is -4.57. The van der Waals surface area contributed by atoms with Gasteiger partial charge in [-0.05, 0) is 18.2 Å². The lowest BCUT2D eigenvalue weighted by Gasteiger charge is -2.33. The lowest BCUT2D eigenvalue weighted by atomic mass is 10.1. The zero-order chi connectivity index (χ0) is 24.6. The van der Waals surface area contributed by atoms with Gasteiger partial charge in [-0.15, -0.1) is 0 Å². The van der Waals surface area contributed by atoms with Gasteiger partial charge in [0.25, 0.3) is 0 Å². The quantitative estimate of drug-likeness (QED) is 0.403. The normalized spacial score (nSPS) is 16.5. The van der Waals surface area contributed by atoms with Crippen molar-refractivity contribution < 1.29 is 18.0 Å². The van der Waals surface area contributed by atoms with Crippen LogP contribution >= 0.6 is 0 Å². The molecule has 8 nitrogen and oxygen atoms in total. The molecule has 0 spiro atoms. The summed E-state index contributed by atoms with van der Waals surface area (Å²) in [5.74, 6) is 0.636. The third kappa shape index (κ3) is 4.67. The average molecular weight is 481 g/mol. The van der Waals surface area contributed by atoms with Crippen molar-refractivity contribution in [1.82, 2.24) is 30.4 Å². The first kappa shape index (κ1) is 22.8. The lowest BCUT2D eigenvalue weighted by Crippen LogP contribution is -2.47. The van der Waals surface area contributed by atoms with Crippen LogP contribution in [-0.2, 0) is 11.0 Å². The number of anilines is 2. The van der Waals surface area contributed by atoms with Crippen LogP contribution in [-0.4, -0.2) is 50.6 Å². The van der Waals surface area contributed by atoms with E-state index in [1.165, 1.54) is 25.1 Å². The first-order valence-corrected chi connectivity index (χ1v) is 11.0. The molecule has 0 aliphatic carbocycles. The highest BCUT2D eigenvalue weighted by Crippen LogP contribution is 2.37. The molecule has 5 rings (SSSR count). The predicted octanol–water partition coefficient (Wildman–Crippen LogP) is 4.28. The Hall–Kier alpha value is -3.99. The maximum absolute atomic E-state index is 13.8. The molecule has 2 aromatic heterocycles. The summed E-state index contributed by atoms with van der Waals surface area (Å²) in [7, 11) is 0. The topological polar surface area (TPSA) is 98.8 Å². The highest BCUT2D eigenvalue weighted by molar-refractivity contribution is 5.91. The molecular weight excluding hydrogens is 459 g/mol. The molecule has 1 unspecified atom stereocenters. The standard InChI is InChI=1S/C24H22F3N7O/c1-14(35)34-11-10-28-20(13-34)19-12-21(31-23-16-7-3-5-9-18(16)32-33-23)30-22(29-19)15-6-2-4-8-17(15)24(25,26)27/h2-9,12,20,28H,10-11,13H2,1H3,(H2,29,30,31,32,33). The molecule has 1 fully saturated rings. The Labute approximate surface area is 198 Å². The van der Waals surface area contributed by atoms with Crippen LogP contribution in [0.2, 0.25) is 0 Å². The monoisotopic (exact) mass is 481 g/mol. The number of para-hydroxylation sites is 1. The van der Waals surface area contributed by atoms with E-state index in [9.17, 15) is 18.0 Å². The minimum atomic E-state index is -4.57. The lowest BCUT2D eigenvalue weighted by molar-refractivity contribution is -0.137. The number of hydrogen-bond donors (Lipinski definition) is 3. The van der Waals surface area contributed by atoms with Crippen molar-refractivity contribution in [3.05, 3.63) is 65.9 Å². The Morgan fingerprint density at radius 1 is 1.11 bits per heavy atom. The van der Waals surface area contributed by atoms with Crippen LogP contribution in [0.4, 0.5) is 24.8 Å². The number of rotatable bonds is 4. The summed E-state index contributed by atoms with van der Waals surface area (Å²) in [5, 5.41) is 14.4. The van der Waals surface area contributed by atoms with Crippen molar-refractivity contribution in [3.8, 4) is 11.4 Å². The van der Waals surface area contributed by atoms with Crippen LogP contribution in [0.5, 0.6) is 0 Å². The van der Waals surface area contributed by atoms with Crippen molar-refractivity contribution in [2.24, 2.45) is 0 Å². The van der Waals surface area contributed by atoms with E-state index in [2.05, 4.69) is 30.8 Å². The fourth-order valence-corrected chi connectivity index (χ4v) is 4.17. The number of piperazine rings is 1. The molecule has 180 valence electrons. The van der Waals surface area contributed by atoms with Crippen molar-refractivity contribution in [3.63, 3.8) is 0 Å². The van der Waals surface area contributed by atoms with Crippen LogP contribution in [0.25, 0.3) is 22.3 Å². The number of halogens is 3. The number of amides is 1. The Balaban J connectivity index is 1.61. The van der Waals surface area contributed by atoms with Gasteiger partial charge < -0.3 is 15.5 Å². The van der Waals surface area contributed by atoms with E-state index in [-0.39, 0.29) is 23.3 Å². The van der Waals surface area contributed by atoms with Crippen molar-refractivity contribution in [2.75, 3.05) is 25.0 Å². The number of aromatic nitrogens is 4. The highest BCUT2D eigenvalue weighted by atomic mass is 19.4. The van der Waals surface area contributed by atoms with Crippen LogP contribution in [0.15, 0.2) is 54.6 Å². The van der Waals surface area contributed by atoms with E-state index < -0.39 is 11.7 Å². The van der Waals surface area contributed by atoms with E-state index in [4.69, 9.17) is 0 Å². The summed E-state index contributed by atoms with van der Waals surface area (Å²) in [6.45, 7) is 2.92. The average Bonchev–Trinajstić information content (AvgIpc) is 3.26. The first-order chi connectivity index (χ1) is 16.8. The Morgan fingerprint density at radius 2 is 1.89 bits per heavy atom. The molecule has 1 saturated heterocycles. The third-order valence-electron chi connectivity index (χ3n) is 5.91. The molecular formula is C24H22F3N7O. The summed E-state index contributed by atoms with van der Waals surface area (Å²) < 4.78 is 41.3. The van der Waals surface area contributed by atoms with Gasteiger partial charge in [-0.25, -0.2) is 9.97 Å². The fourth-order valence-electron chi connectivity index (χ4n) is 4.17. The van der Waals surface area contributed by atoms with Crippen LogP contribution in [0.3, 0.4) is 0 Å². The summed E-state index contributed by atoms with van der Waals surface area (Å²) in [5.41, 5.74) is 0.324. The minimum Gasteiger partial charge on any atom is -0.340 e. The molecule has 0 bridgehead atoms. The molecule has 1 amide bonds. The number of nitrogens with zero attached hydrogens (tertiary/aromatic N) is 4. The molecule has 4 aromatic rings. The number of benzene rings is 2. The smallest absolute Gasteiger partial charge is 0.340 e.